The van der Waals surface area contributed by atoms with E-state index >= 15 is 0 Å². The fraction of sp³-hybridized carbons (Fsp3) is 1.00. The van der Waals surface area contributed by atoms with Crippen LogP contribution in [0.2, 0.25) is 0 Å². The summed E-state index contributed by atoms with van der Waals surface area (Å²) in [7, 11) is 3.05. The molecule has 1 atom stereocenters. The molecule has 0 amide bonds. The minimum atomic E-state index is -4.12. The van der Waals surface area contributed by atoms with Gasteiger partial charge in [0.05, 0.1) is 13.2 Å². The van der Waals surface area contributed by atoms with E-state index in [9.17, 15) is 13.2 Å². The summed E-state index contributed by atoms with van der Waals surface area (Å²) < 4.78 is 40.7. The number of hydrogen-bond acceptors (Lipinski definition) is 3. The van der Waals surface area contributed by atoms with Crippen LogP contribution in [0.5, 0.6) is 0 Å². The van der Waals surface area contributed by atoms with E-state index < -0.39 is 12.7 Å². The van der Waals surface area contributed by atoms with E-state index in [1.807, 2.05) is 6.92 Å². The first-order valence-corrected chi connectivity index (χ1v) is 4.82. The highest BCUT2D eigenvalue weighted by Crippen LogP contribution is 2.14. The van der Waals surface area contributed by atoms with Gasteiger partial charge < -0.3 is 10.1 Å². The average molecular weight is 228 g/mol. The summed E-state index contributed by atoms with van der Waals surface area (Å²) in [5.41, 5.74) is 0. The monoisotopic (exact) mass is 228 g/mol. The molecule has 0 aliphatic carbocycles. The number of alkyl halides is 3. The second-order valence-electron chi connectivity index (χ2n) is 3.66. The number of ether oxygens (including phenoxy) is 1. The maximum atomic E-state index is 11.9. The molecular formula is C9H19F3N2O. The van der Waals surface area contributed by atoms with Crippen molar-refractivity contribution < 1.29 is 17.9 Å². The Morgan fingerprint density at radius 2 is 2.00 bits per heavy atom. The molecule has 0 heterocycles. The molecule has 3 nitrogen and oxygen atoms in total. The van der Waals surface area contributed by atoms with Gasteiger partial charge in [-0.25, -0.2) is 0 Å². The zero-order valence-corrected chi connectivity index (χ0v) is 9.40. The van der Waals surface area contributed by atoms with E-state index in [1.54, 1.807) is 7.11 Å². The minimum absolute atomic E-state index is 0.161. The molecule has 0 aromatic heterocycles. The summed E-state index contributed by atoms with van der Waals surface area (Å²) in [5, 5.41) is 3.07. The first-order valence-electron chi connectivity index (χ1n) is 4.82. The van der Waals surface area contributed by atoms with Crippen molar-refractivity contribution in [1.29, 1.82) is 0 Å². The van der Waals surface area contributed by atoms with Gasteiger partial charge in [0.1, 0.15) is 0 Å². The van der Waals surface area contributed by atoms with Crippen molar-refractivity contribution in [2.75, 3.05) is 40.4 Å². The SMILES string of the molecule is COCC(C)NCCN(C)CC(F)(F)F. The fourth-order valence-electron chi connectivity index (χ4n) is 1.20. The van der Waals surface area contributed by atoms with Gasteiger partial charge in [-0.1, -0.05) is 0 Å². The minimum Gasteiger partial charge on any atom is -0.383 e. The maximum Gasteiger partial charge on any atom is 0.401 e. The quantitative estimate of drug-likeness (QED) is 0.706. The molecule has 0 aliphatic heterocycles. The maximum absolute atomic E-state index is 11.9. The van der Waals surface area contributed by atoms with Crippen LogP contribution < -0.4 is 5.32 Å². The van der Waals surface area contributed by atoms with E-state index in [0.717, 1.165) is 0 Å². The number of halogens is 3. The third-order valence-electron chi connectivity index (χ3n) is 1.85. The standard InChI is InChI=1S/C9H19F3N2O/c1-8(6-15-3)13-4-5-14(2)7-9(10,11)12/h8,13H,4-7H2,1-3H3. The number of nitrogens with one attached hydrogen (secondary N) is 1. The van der Waals surface area contributed by atoms with Gasteiger partial charge >= 0.3 is 6.18 Å². The highest BCUT2D eigenvalue weighted by molar-refractivity contribution is 4.63. The Bertz CT molecular complexity index is 164. The van der Waals surface area contributed by atoms with Crippen LogP contribution in [-0.2, 0) is 4.74 Å². The van der Waals surface area contributed by atoms with Crippen LogP contribution in [0.3, 0.4) is 0 Å². The molecule has 0 aliphatic rings. The van der Waals surface area contributed by atoms with Crippen molar-refractivity contribution in [1.82, 2.24) is 10.2 Å². The average Bonchev–Trinajstić information content (AvgIpc) is 2.00. The first-order chi connectivity index (χ1) is 6.85. The summed E-state index contributed by atoms with van der Waals surface area (Å²) in [6.45, 7) is 2.51. The zero-order chi connectivity index (χ0) is 11.9. The summed E-state index contributed by atoms with van der Waals surface area (Å²) in [6.07, 6.45) is -4.12. The normalized spacial score (nSPS) is 14.6. The summed E-state index contributed by atoms with van der Waals surface area (Å²) in [5.74, 6) is 0. The largest absolute Gasteiger partial charge is 0.401 e. The van der Waals surface area contributed by atoms with Crippen LogP contribution >= 0.6 is 0 Å². The Kier molecular flexibility index (Phi) is 6.87. The third-order valence-corrected chi connectivity index (χ3v) is 1.85. The number of likely N-dealkylation sites (N-methyl/N-ethyl adjacent to an activating group) is 1. The van der Waals surface area contributed by atoms with E-state index in [2.05, 4.69) is 5.32 Å². The summed E-state index contributed by atoms with van der Waals surface area (Å²) >= 11 is 0. The van der Waals surface area contributed by atoms with Crippen LogP contribution in [0.1, 0.15) is 6.92 Å². The molecule has 0 saturated carbocycles. The molecule has 6 heteroatoms. The van der Waals surface area contributed by atoms with Crippen molar-refractivity contribution in [2.45, 2.75) is 19.1 Å². The van der Waals surface area contributed by atoms with Gasteiger partial charge in [0, 0.05) is 26.2 Å². The Balaban J connectivity index is 3.50. The third kappa shape index (κ3) is 9.96. The molecule has 92 valence electrons. The molecule has 0 saturated heterocycles. The lowest BCUT2D eigenvalue weighted by Gasteiger charge is -2.20. The second-order valence-corrected chi connectivity index (χ2v) is 3.66. The van der Waals surface area contributed by atoms with E-state index in [4.69, 9.17) is 4.74 Å². The molecule has 1 unspecified atom stereocenters. The fourth-order valence-corrected chi connectivity index (χ4v) is 1.20. The van der Waals surface area contributed by atoms with E-state index in [-0.39, 0.29) is 6.04 Å². The Morgan fingerprint density at radius 1 is 1.40 bits per heavy atom. The predicted molar refractivity (Wildman–Crippen MR) is 52.9 cm³/mol. The summed E-state index contributed by atoms with van der Waals surface area (Å²) in [6, 6.07) is 0.161. The summed E-state index contributed by atoms with van der Waals surface area (Å²) in [4.78, 5) is 1.24. The number of methoxy groups -OCH3 is 1. The van der Waals surface area contributed by atoms with Gasteiger partial charge in [-0.2, -0.15) is 13.2 Å². The van der Waals surface area contributed by atoms with Gasteiger partial charge in [0.15, 0.2) is 0 Å². The van der Waals surface area contributed by atoms with E-state index in [1.165, 1.54) is 11.9 Å². The molecule has 1 N–H and O–H groups in total. The Hall–Kier alpha value is -0.330. The molecular weight excluding hydrogens is 209 g/mol. The van der Waals surface area contributed by atoms with Gasteiger partial charge in [-0.05, 0) is 14.0 Å². The molecule has 0 aromatic rings. The van der Waals surface area contributed by atoms with E-state index in [0.29, 0.717) is 19.7 Å². The molecule has 0 aromatic carbocycles. The molecule has 0 bridgehead atoms. The van der Waals surface area contributed by atoms with Crippen LogP contribution in [-0.4, -0.2) is 57.5 Å². The topological polar surface area (TPSA) is 24.5 Å². The molecule has 0 spiro atoms. The van der Waals surface area contributed by atoms with Crippen molar-refractivity contribution in [3.63, 3.8) is 0 Å². The van der Waals surface area contributed by atoms with Crippen LogP contribution in [0, 0.1) is 0 Å². The van der Waals surface area contributed by atoms with Gasteiger partial charge in [0.2, 0.25) is 0 Å². The smallest absolute Gasteiger partial charge is 0.383 e. The first kappa shape index (κ1) is 14.7. The number of hydrogen-bond donors (Lipinski definition) is 1. The lowest BCUT2D eigenvalue weighted by Crippen LogP contribution is -2.39. The predicted octanol–water partition coefficient (Wildman–Crippen LogP) is 1.10. The molecule has 0 rings (SSSR count). The highest BCUT2D eigenvalue weighted by Gasteiger charge is 2.28. The van der Waals surface area contributed by atoms with Crippen molar-refractivity contribution >= 4 is 0 Å². The number of rotatable bonds is 7. The Labute approximate surface area is 88.6 Å². The zero-order valence-electron chi connectivity index (χ0n) is 9.40. The van der Waals surface area contributed by atoms with Crippen molar-refractivity contribution in [2.24, 2.45) is 0 Å². The lowest BCUT2D eigenvalue weighted by atomic mass is 10.3. The molecule has 15 heavy (non-hydrogen) atoms. The molecule has 0 fully saturated rings. The van der Waals surface area contributed by atoms with Gasteiger partial charge in [-0.15, -0.1) is 0 Å². The van der Waals surface area contributed by atoms with Crippen LogP contribution in [0.25, 0.3) is 0 Å². The van der Waals surface area contributed by atoms with Crippen LogP contribution in [0.15, 0.2) is 0 Å². The van der Waals surface area contributed by atoms with Crippen LogP contribution in [0.4, 0.5) is 13.2 Å². The van der Waals surface area contributed by atoms with Gasteiger partial charge in [0.25, 0.3) is 0 Å². The number of nitrogens with zero attached hydrogens (tertiary/aromatic N) is 1. The lowest BCUT2D eigenvalue weighted by molar-refractivity contribution is -0.142. The van der Waals surface area contributed by atoms with Crippen molar-refractivity contribution in [3.8, 4) is 0 Å². The molecule has 0 radical (unpaired) electrons. The second kappa shape index (κ2) is 7.03. The van der Waals surface area contributed by atoms with Gasteiger partial charge in [-0.3, -0.25) is 4.90 Å². The van der Waals surface area contributed by atoms with Crippen molar-refractivity contribution in [3.05, 3.63) is 0 Å². The Morgan fingerprint density at radius 3 is 2.47 bits per heavy atom. The highest BCUT2D eigenvalue weighted by atomic mass is 19.4.